The number of oxazole rings is 1. The molecule has 0 aliphatic carbocycles. The molecule has 2 aromatic heterocycles. The van der Waals surface area contributed by atoms with Gasteiger partial charge in [0.25, 0.3) is 0 Å². The summed E-state index contributed by atoms with van der Waals surface area (Å²) < 4.78 is 11.8. The largest absolute Gasteiger partial charge is 0.439 e. The van der Waals surface area contributed by atoms with Crippen molar-refractivity contribution in [2.75, 3.05) is 5.32 Å². The number of carbonyl (C=O) groups excluding carboxylic acids is 1. The number of para-hydroxylation sites is 1. The summed E-state index contributed by atoms with van der Waals surface area (Å²) in [5, 5.41) is 5.74. The molecular weight excluding hydrogens is 466 g/mol. The van der Waals surface area contributed by atoms with Crippen LogP contribution in [0.5, 0.6) is 11.6 Å². The number of amides is 2. The maximum Gasteiger partial charge on any atom is 0.321 e. The Balaban J connectivity index is 1.50. The van der Waals surface area contributed by atoms with Crippen molar-refractivity contribution in [2.45, 2.75) is 39.7 Å². The average molecular weight is 492 g/mol. The Morgan fingerprint density at radius 1 is 1.06 bits per heavy atom. The van der Waals surface area contributed by atoms with Crippen molar-refractivity contribution >= 4 is 23.5 Å². The highest BCUT2D eigenvalue weighted by molar-refractivity contribution is 6.28. The van der Waals surface area contributed by atoms with Crippen LogP contribution in [-0.2, 0) is 12.0 Å². The van der Waals surface area contributed by atoms with Crippen molar-refractivity contribution in [1.82, 2.24) is 20.3 Å². The zero-order valence-corrected chi connectivity index (χ0v) is 20.7. The maximum absolute atomic E-state index is 12.8. The van der Waals surface area contributed by atoms with Crippen LogP contribution in [0.15, 0.2) is 65.2 Å². The molecule has 2 N–H and O–H groups in total. The number of nitrogens with one attached hydrogen (secondary N) is 2. The molecule has 0 saturated carbocycles. The highest BCUT2D eigenvalue weighted by atomic mass is 35.5. The van der Waals surface area contributed by atoms with Crippen LogP contribution in [0, 0.1) is 6.92 Å². The number of ether oxygens (including phenoxy) is 1. The third-order valence-electron chi connectivity index (χ3n) is 5.05. The minimum absolute atomic E-state index is 0.0866. The number of carbonyl (C=O) groups is 1. The molecule has 2 heterocycles. The fourth-order valence-electron chi connectivity index (χ4n) is 3.19. The molecule has 0 radical (unpaired) electrons. The first-order chi connectivity index (χ1) is 16.7. The molecule has 2 amide bonds. The van der Waals surface area contributed by atoms with Crippen molar-refractivity contribution in [3.63, 3.8) is 0 Å². The van der Waals surface area contributed by atoms with E-state index in [9.17, 15) is 4.79 Å². The molecule has 0 bridgehead atoms. The predicted octanol–water partition coefficient (Wildman–Crippen LogP) is 6.50. The van der Waals surface area contributed by atoms with Gasteiger partial charge < -0.3 is 14.5 Å². The van der Waals surface area contributed by atoms with Crippen molar-refractivity contribution in [3.8, 4) is 22.9 Å². The first-order valence-electron chi connectivity index (χ1n) is 11.1. The lowest BCUT2D eigenvalue weighted by Crippen LogP contribution is -2.28. The Bertz CT molecular complexity index is 1330. The van der Waals surface area contributed by atoms with Gasteiger partial charge in [-0.05, 0) is 24.6 Å². The Morgan fingerprint density at radius 2 is 1.80 bits per heavy atom. The molecular formula is C26H26ClN5O3. The number of aromatic nitrogens is 3. The third-order valence-corrected chi connectivity index (χ3v) is 5.23. The summed E-state index contributed by atoms with van der Waals surface area (Å²) in [5.41, 5.74) is 2.99. The van der Waals surface area contributed by atoms with Gasteiger partial charge in [0.05, 0.1) is 0 Å². The van der Waals surface area contributed by atoms with Gasteiger partial charge in [-0.2, -0.15) is 4.98 Å². The van der Waals surface area contributed by atoms with E-state index in [1.165, 1.54) is 6.20 Å². The second-order valence-electron chi connectivity index (χ2n) is 8.99. The quantitative estimate of drug-likeness (QED) is 0.298. The van der Waals surface area contributed by atoms with Gasteiger partial charge in [-0.1, -0.05) is 68.8 Å². The van der Waals surface area contributed by atoms with Crippen molar-refractivity contribution in [3.05, 3.63) is 83.1 Å². The van der Waals surface area contributed by atoms with Crippen LogP contribution >= 0.6 is 11.6 Å². The summed E-state index contributed by atoms with van der Waals surface area (Å²) in [4.78, 5) is 25.4. The van der Waals surface area contributed by atoms with Gasteiger partial charge in [0, 0.05) is 35.3 Å². The van der Waals surface area contributed by atoms with Gasteiger partial charge in [-0.25, -0.2) is 14.8 Å². The maximum atomic E-state index is 12.8. The highest BCUT2D eigenvalue weighted by Crippen LogP contribution is 2.33. The SMILES string of the molecule is Cc1ccc(-c2nc(C(C)(C)C)oc2NC(=O)NCc2ccccc2Oc2ccnc(Cl)n2)cc1. The standard InChI is InChI=1S/C26H26ClN5O3/c1-16-9-11-17(12-10-16)21-22(35-23(31-21)26(2,3)4)32-25(33)29-15-18-7-5-6-8-19(18)34-20-13-14-28-24(27)30-20/h5-14H,15H2,1-4H3,(H2,29,32,33). The molecule has 0 aliphatic heterocycles. The summed E-state index contributed by atoms with van der Waals surface area (Å²) in [6.45, 7) is 8.23. The van der Waals surface area contributed by atoms with E-state index in [4.69, 9.17) is 20.8 Å². The van der Waals surface area contributed by atoms with E-state index in [1.807, 2.05) is 70.2 Å². The van der Waals surface area contributed by atoms with Crippen molar-refractivity contribution in [2.24, 2.45) is 0 Å². The van der Waals surface area contributed by atoms with Gasteiger partial charge in [0.2, 0.25) is 22.9 Å². The van der Waals surface area contributed by atoms with Gasteiger partial charge in [-0.15, -0.1) is 0 Å². The molecule has 0 unspecified atom stereocenters. The number of halogens is 1. The minimum atomic E-state index is -0.435. The predicted molar refractivity (Wildman–Crippen MR) is 135 cm³/mol. The Kier molecular flexibility index (Phi) is 7.02. The smallest absolute Gasteiger partial charge is 0.321 e. The van der Waals surface area contributed by atoms with E-state index in [0.717, 1.165) is 16.7 Å². The van der Waals surface area contributed by atoms with E-state index < -0.39 is 6.03 Å². The zero-order valence-electron chi connectivity index (χ0n) is 19.9. The summed E-state index contributed by atoms with van der Waals surface area (Å²) in [7, 11) is 0. The van der Waals surface area contributed by atoms with Gasteiger partial charge >= 0.3 is 6.03 Å². The molecule has 4 aromatic rings. The summed E-state index contributed by atoms with van der Waals surface area (Å²) in [6, 6.07) is 16.4. The van der Waals surface area contributed by atoms with E-state index in [1.54, 1.807) is 12.1 Å². The van der Waals surface area contributed by atoms with Crippen LogP contribution < -0.4 is 15.4 Å². The lowest BCUT2D eigenvalue weighted by molar-refractivity contribution is 0.251. The molecule has 0 spiro atoms. The number of aryl methyl sites for hydroxylation is 1. The molecule has 180 valence electrons. The van der Waals surface area contributed by atoms with Crippen LogP contribution in [0.1, 0.15) is 37.8 Å². The van der Waals surface area contributed by atoms with Crippen LogP contribution in [0.25, 0.3) is 11.3 Å². The lowest BCUT2D eigenvalue weighted by atomic mass is 9.97. The molecule has 35 heavy (non-hydrogen) atoms. The number of urea groups is 1. The number of anilines is 1. The zero-order chi connectivity index (χ0) is 25.0. The van der Waals surface area contributed by atoms with Gasteiger partial charge in [-0.3, -0.25) is 5.32 Å². The number of benzene rings is 2. The summed E-state index contributed by atoms with van der Waals surface area (Å²) in [5.74, 6) is 1.67. The molecule has 0 aliphatic rings. The number of hydrogen-bond donors (Lipinski definition) is 2. The van der Waals surface area contributed by atoms with E-state index in [0.29, 0.717) is 23.2 Å². The Hall–Kier alpha value is -3.91. The fourth-order valence-corrected chi connectivity index (χ4v) is 3.33. The van der Waals surface area contributed by atoms with Crippen molar-refractivity contribution in [1.29, 1.82) is 0 Å². The molecule has 0 atom stereocenters. The van der Waals surface area contributed by atoms with Gasteiger partial charge in [0.1, 0.15) is 11.4 Å². The van der Waals surface area contributed by atoms with Crippen molar-refractivity contribution < 1.29 is 13.9 Å². The van der Waals surface area contributed by atoms with Crippen LogP contribution in [0.2, 0.25) is 5.28 Å². The summed E-state index contributed by atoms with van der Waals surface area (Å²) >= 11 is 5.84. The normalized spacial score (nSPS) is 11.2. The minimum Gasteiger partial charge on any atom is -0.439 e. The average Bonchev–Trinajstić information content (AvgIpc) is 3.23. The van der Waals surface area contributed by atoms with Crippen LogP contribution in [0.4, 0.5) is 10.7 Å². The van der Waals surface area contributed by atoms with E-state index >= 15 is 0 Å². The molecule has 4 rings (SSSR count). The lowest BCUT2D eigenvalue weighted by Gasteiger charge is -2.12. The molecule has 8 nitrogen and oxygen atoms in total. The molecule has 2 aromatic carbocycles. The number of hydrogen-bond acceptors (Lipinski definition) is 6. The summed E-state index contributed by atoms with van der Waals surface area (Å²) in [6.07, 6.45) is 1.51. The molecule has 9 heteroatoms. The highest BCUT2D eigenvalue weighted by Gasteiger charge is 2.25. The van der Waals surface area contributed by atoms with E-state index in [2.05, 4.69) is 25.6 Å². The third kappa shape index (κ3) is 6.16. The van der Waals surface area contributed by atoms with Gasteiger partial charge in [0.15, 0.2) is 0 Å². The number of rotatable bonds is 6. The second kappa shape index (κ2) is 10.1. The Labute approximate surface area is 208 Å². The first kappa shape index (κ1) is 24.2. The second-order valence-corrected chi connectivity index (χ2v) is 9.33. The monoisotopic (exact) mass is 491 g/mol. The number of nitrogens with zero attached hydrogens (tertiary/aromatic N) is 3. The molecule has 0 fully saturated rings. The topological polar surface area (TPSA) is 102 Å². The fraction of sp³-hybridized carbons (Fsp3) is 0.231. The first-order valence-corrected chi connectivity index (χ1v) is 11.4. The van der Waals surface area contributed by atoms with E-state index in [-0.39, 0.29) is 23.1 Å². The van der Waals surface area contributed by atoms with Crippen LogP contribution in [0.3, 0.4) is 0 Å². The van der Waals surface area contributed by atoms with Crippen LogP contribution in [-0.4, -0.2) is 21.0 Å². The molecule has 0 saturated heterocycles. The Morgan fingerprint density at radius 3 is 2.51 bits per heavy atom.